The Hall–Kier alpha value is -0.790. The molecule has 0 aliphatic carbocycles. The molecule has 0 bridgehead atoms. The van der Waals surface area contributed by atoms with Gasteiger partial charge in [-0.1, -0.05) is 11.3 Å². The maximum atomic E-state index is 4.93. The fourth-order valence-corrected chi connectivity index (χ4v) is 2.51. The van der Waals surface area contributed by atoms with Gasteiger partial charge in [0.2, 0.25) is 5.13 Å². The highest BCUT2D eigenvalue weighted by Crippen LogP contribution is 2.21. The molecule has 0 radical (unpaired) electrons. The third kappa shape index (κ3) is 2.17. The van der Waals surface area contributed by atoms with Crippen LogP contribution in [0.5, 0.6) is 0 Å². The van der Waals surface area contributed by atoms with Crippen molar-refractivity contribution in [2.45, 2.75) is 13.0 Å². The van der Waals surface area contributed by atoms with E-state index in [1.54, 1.807) is 17.5 Å². The van der Waals surface area contributed by atoms with Crippen molar-refractivity contribution in [3.05, 3.63) is 20.5 Å². The first-order valence-corrected chi connectivity index (χ1v) is 6.07. The predicted octanol–water partition coefficient (Wildman–Crippen LogP) is 2.83. The Morgan fingerprint density at radius 1 is 1.64 bits per heavy atom. The van der Waals surface area contributed by atoms with Gasteiger partial charge in [-0.05, 0) is 19.1 Å². The molecule has 7 heteroatoms. The summed E-state index contributed by atoms with van der Waals surface area (Å²) in [6.45, 7) is 2.04. The van der Waals surface area contributed by atoms with E-state index >= 15 is 0 Å². The number of anilines is 1. The lowest BCUT2D eigenvalue weighted by Gasteiger charge is -2.08. The summed E-state index contributed by atoms with van der Waals surface area (Å²) in [5.41, 5.74) is 0. The van der Waals surface area contributed by atoms with E-state index in [4.69, 9.17) is 12.2 Å². The Kier molecular flexibility index (Phi) is 2.90. The van der Waals surface area contributed by atoms with Crippen LogP contribution in [-0.2, 0) is 0 Å². The second-order valence-electron chi connectivity index (χ2n) is 2.65. The largest absolute Gasteiger partial charge is 0.351 e. The first-order valence-electron chi connectivity index (χ1n) is 3.97. The third-order valence-electron chi connectivity index (χ3n) is 1.60. The van der Waals surface area contributed by atoms with E-state index in [1.807, 2.05) is 12.3 Å². The van der Waals surface area contributed by atoms with Crippen LogP contribution in [0.1, 0.15) is 18.0 Å². The van der Waals surface area contributed by atoms with Crippen molar-refractivity contribution in [2.75, 3.05) is 5.32 Å². The molecule has 1 atom stereocenters. The molecule has 1 unspecified atom stereocenters. The molecule has 14 heavy (non-hydrogen) atoms. The van der Waals surface area contributed by atoms with E-state index in [2.05, 4.69) is 20.5 Å². The minimum absolute atomic E-state index is 0.170. The Labute approximate surface area is 94.0 Å². The summed E-state index contributed by atoms with van der Waals surface area (Å²) in [6.07, 6.45) is 1.80. The van der Waals surface area contributed by atoms with Gasteiger partial charge in [0.25, 0.3) is 0 Å². The van der Waals surface area contributed by atoms with Gasteiger partial charge in [-0.25, -0.2) is 4.98 Å². The fraction of sp³-hybridized carbons (Fsp3) is 0.286. The van der Waals surface area contributed by atoms with E-state index in [0.717, 1.165) is 10.1 Å². The van der Waals surface area contributed by atoms with Crippen molar-refractivity contribution in [1.82, 2.24) is 15.2 Å². The summed E-state index contributed by atoms with van der Waals surface area (Å²) in [5.74, 6) is 0. The van der Waals surface area contributed by atoms with E-state index in [-0.39, 0.29) is 6.04 Å². The third-order valence-corrected chi connectivity index (χ3v) is 3.58. The standard InChI is InChI=1S/C7H8N4S3/c1-4(5-8-2-3-13-5)9-6-10-11-7(12)14-6/h2-4H,1H3,(H,9,10)(H,11,12). The molecule has 0 aliphatic rings. The molecule has 0 aliphatic heterocycles. The van der Waals surface area contributed by atoms with Crippen LogP contribution in [-0.4, -0.2) is 15.2 Å². The lowest BCUT2D eigenvalue weighted by Crippen LogP contribution is -2.05. The van der Waals surface area contributed by atoms with E-state index in [0.29, 0.717) is 3.95 Å². The molecule has 0 aromatic carbocycles. The highest BCUT2D eigenvalue weighted by atomic mass is 32.1. The average Bonchev–Trinajstić information content (AvgIpc) is 2.75. The first kappa shape index (κ1) is 9.75. The zero-order valence-electron chi connectivity index (χ0n) is 7.35. The summed E-state index contributed by atoms with van der Waals surface area (Å²) >= 11 is 7.98. The van der Waals surface area contributed by atoms with Gasteiger partial charge in [-0.2, -0.15) is 0 Å². The molecule has 0 spiro atoms. The van der Waals surface area contributed by atoms with Crippen molar-refractivity contribution in [1.29, 1.82) is 0 Å². The zero-order chi connectivity index (χ0) is 9.97. The lowest BCUT2D eigenvalue weighted by molar-refractivity contribution is 0.860. The van der Waals surface area contributed by atoms with Crippen LogP contribution in [0.3, 0.4) is 0 Å². The number of nitrogens with one attached hydrogen (secondary N) is 2. The van der Waals surface area contributed by atoms with E-state index in [1.165, 1.54) is 11.3 Å². The van der Waals surface area contributed by atoms with Gasteiger partial charge in [0.15, 0.2) is 3.95 Å². The van der Waals surface area contributed by atoms with Crippen LogP contribution >= 0.6 is 34.9 Å². The summed E-state index contributed by atoms with van der Waals surface area (Å²) in [6, 6.07) is 0.170. The number of rotatable bonds is 3. The van der Waals surface area contributed by atoms with Gasteiger partial charge in [-0.3, -0.25) is 5.10 Å². The highest BCUT2D eigenvalue weighted by molar-refractivity contribution is 7.73. The Morgan fingerprint density at radius 3 is 3.07 bits per heavy atom. The second kappa shape index (κ2) is 4.16. The molecule has 0 saturated carbocycles. The summed E-state index contributed by atoms with van der Waals surface area (Å²) in [4.78, 5) is 4.22. The normalized spacial score (nSPS) is 12.6. The molecule has 2 N–H and O–H groups in total. The van der Waals surface area contributed by atoms with Crippen molar-refractivity contribution in [2.24, 2.45) is 0 Å². The molecule has 2 aromatic heterocycles. The van der Waals surface area contributed by atoms with Crippen LogP contribution in [0.25, 0.3) is 0 Å². The monoisotopic (exact) mass is 244 g/mol. The number of hydrogen-bond acceptors (Lipinski definition) is 6. The van der Waals surface area contributed by atoms with Gasteiger partial charge < -0.3 is 5.32 Å². The maximum Gasteiger partial charge on any atom is 0.204 e. The van der Waals surface area contributed by atoms with Crippen LogP contribution in [0.2, 0.25) is 0 Å². The Balaban J connectivity index is 2.08. The van der Waals surface area contributed by atoms with Gasteiger partial charge in [-0.15, -0.1) is 16.4 Å². The summed E-state index contributed by atoms with van der Waals surface area (Å²) < 4.78 is 0.679. The number of H-pyrrole nitrogens is 1. The maximum absolute atomic E-state index is 4.93. The van der Waals surface area contributed by atoms with Crippen molar-refractivity contribution in [3.63, 3.8) is 0 Å². The van der Waals surface area contributed by atoms with Gasteiger partial charge >= 0.3 is 0 Å². The predicted molar refractivity (Wildman–Crippen MR) is 61.5 cm³/mol. The van der Waals surface area contributed by atoms with Gasteiger partial charge in [0.05, 0.1) is 6.04 Å². The molecular formula is C7H8N4S3. The number of aromatic nitrogens is 3. The number of nitrogens with zero attached hydrogens (tertiary/aromatic N) is 2. The van der Waals surface area contributed by atoms with Crippen LogP contribution in [0.15, 0.2) is 11.6 Å². The van der Waals surface area contributed by atoms with Gasteiger partial charge in [0.1, 0.15) is 5.01 Å². The van der Waals surface area contributed by atoms with E-state index in [9.17, 15) is 0 Å². The molecule has 0 fully saturated rings. The van der Waals surface area contributed by atoms with E-state index < -0.39 is 0 Å². The van der Waals surface area contributed by atoms with Crippen LogP contribution < -0.4 is 5.32 Å². The topological polar surface area (TPSA) is 53.6 Å². The van der Waals surface area contributed by atoms with Crippen molar-refractivity contribution < 1.29 is 0 Å². The van der Waals surface area contributed by atoms with Crippen molar-refractivity contribution >= 4 is 40.0 Å². The Morgan fingerprint density at radius 2 is 2.50 bits per heavy atom. The minimum atomic E-state index is 0.170. The molecule has 2 rings (SSSR count). The van der Waals surface area contributed by atoms with Crippen LogP contribution in [0.4, 0.5) is 5.13 Å². The lowest BCUT2D eigenvalue weighted by atomic mass is 10.4. The molecule has 2 heterocycles. The summed E-state index contributed by atoms with van der Waals surface area (Å²) in [5, 5.41) is 13.8. The first-order chi connectivity index (χ1) is 6.75. The average molecular weight is 244 g/mol. The van der Waals surface area contributed by atoms with Crippen molar-refractivity contribution in [3.8, 4) is 0 Å². The fourth-order valence-electron chi connectivity index (χ4n) is 0.987. The minimum Gasteiger partial charge on any atom is -0.351 e. The SMILES string of the molecule is CC(Nc1n[nH]c(=S)s1)c1nccs1. The summed E-state index contributed by atoms with van der Waals surface area (Å²) in [7, 11) is 0. The van der Waals surface area contributed by atoms with Gasteiger partial charge in [0, 0.05) is 11.6 Å². The molecular weight excluding hydrogens is 236 g/mol. The molecule has 2 aromatic rings. The zero-order valence-corrected chi connectivity index (χ0v) is 9.80. The molecule has 74 valence electrons. The number of hydrogen-bond donors (Lipinski definition) is 2. The second-order valence-corrected chi connectivity index (χ2v) is 5.25. The quantitative estimate of drug-likeness (QED) is 0.815. The number of thiazole rings is 1. The molecule has 0 saturated heterocycles. The van der Waals surface area contributed by atoms with Crippen LogP contribution in [0, 0.1) is 3.95 Å². The smallest absolute Gasteiger partial charge is 0.204 e. The molecule has 0 amide bonds. The number of aromatic amines is 1. The Bertz CT molecular complexity index is 443. The molecule has 4 nitrogen and oxygen atoms in total. The highest BCUT2D eigenvalue weighted by Gasteiger charge is 2.08.